The first-order valence-electron chi connectivity index (χ1n) is 7.01. The summed E-state index contributed by atoms with van der Waals surface area (Å²) in [6.07, 6.45) is 2.35. The van der Waals surface area contributed by atoms with Crippen LogP contribution in [0, 0.1) is 0 Å². The van der Waals surface area contributed by atoms with E-state index in [9.17, 15) is 5.11 Å². The van der Waals surface area contributed by atoms with Crippen molar-refractivity contribution in [2.45, 2.75) is 18.9 Å². The second kappa shape index (κ2) is 6.99. The lowest BCUT2D eigenvalue weighted by Gasteiger charge is -2.14. The molecule has 2 aromatic rings. The van der Waals surface area contributed by atoms with Gasteiger partial charge in [-0.05, 0) is 18.9 Å². The largest absolute Gasteiger partial charge is 0.389 e. The number of aliphatic hydroxyl groups is 1. The van der Waals surface area contributed by atoms with Crippen LogP contribution >= 0.6 is 0 Å². The molecule has 0 bridgehead atoms. The maximum Gasteiger partial charge on any atom is 0.225 e. The van der Waals surface area contributed by atoms with Gasteiger partial charge in [-0.1, -0.05) is 36.4 Å². The van der Waals surface area contributed by atoms with E-state index in [2.05, 4.69) is 16.5 Å². The first-order chi connectivity index (χ1) is 10.1. The molecule has 0 amide bonds. The molecule has 2 rings (SSSR count). The van der Waals surface area contributed by atoms with E-state index >= 15 is 0 Å². The van der Waals surface area contributed by atoms with E-state index in [-0.39, 0.29) is 0 Å². The summed E-state index contributed by atoms with van der Waals surface area (Å²) >= 11 is 0. The molecule has 0 radical (unpaired) electrons. The first kappa shape index (κ1) is 15.2. The van der Waals surface area contributed by atoms with Gasteiger partial charge in [0.1, 0.15) is 0 Å². The smallest absolute Gasteiger partial charge is 0.225 e. The highest BCUT2D eigenvalue weighted by Gasteiger charge is 2.09. The first-order valence-corrected chi connectivity index (χ1v) is 7.01. The predicted octanol–water partition coefficient (Wildman–Crippen LogP) is 2.69. The van der Waals surface area contributed by atoms with E-state index in [1.807, 2.05) is 55.4 Å². The number of hydrogen-bond donors (Lipinski definition) is 1. The van der Waals surface area contributed by atoms with Crippen LogP contribution in [-0.4, -0.2) is 35.3 Å². The summed E-state index contributed by atoms with van der Waals surface area (Å²) < 4.78 is 0. The van der Waals surface area contributed by atoms with Gasteiger partial charge in [0.2, 0.25) is 5.95 Å². The van der Waals surface area contributed by atoms with Gasteiger partial charge in [0.25, 0.3) is 0 Å². The van der Waals surface area contributed by atoms with Gasteiger partial charge in [0, 0.05) is 25.4 Å². The van der Waals surface area contributed by atoms with Crippen molar-refractivity contribution in [2.24, 2.45) is 0 Å². The molecule has 1 aromatic carbocycles. The number of aliphatic hydroxyl groups excluding tert-OH is 1. The quantitative estimate of drug-likeness (QED) is 0.828. The van der Waals surface area contributed by atoms with Crippen LogP contribution in [0.25, 0.3) is 11.3 Å². The fraction of sp³-hybridized carbons (Fsp3) is 0.294. The molecule has 1 unspecified atom stereocenters. The Morgan fingerprint density at radius 3 is 2.57 bits per heavy atom. The Morgan fingerprint density at radius 2 is 1.95 bits per heavy atom. The Bertz CT molecular complexity index is 596. The van der Waals surface area contributed by atoms with Crippen LogP contribution in [0.5, 0.6) is 0 Å². The van der Waals surface area contributed by atoms with E-state index in [0.29, 0.717) is 18.8 Å². The molecule has 0 aliphatic rings. The molecule has 21 heavy (non-hydrogen) atoms. The minimum Gasteiger partial charge on any atom is -0.389 e. The van der Waals surface area contributed by atoms with Crippen molar-refractivity contribution < 1.29 is 5.11 Å². The Kier molecular flexibility index (Phi) is 5.06. The second-order valence-corrected chi connectivity index (χ2v) is 5.15. The van der Waals surface area contributed by atoms with Gasteiger partial charge in [-0.25, -0.2) is 9.97 Å². The average molecular weight is 283 g/mol. The maximum absolute atomic E-state index is 9.61. The molecule has 0 saturated heterocycles. The van der Waals surface area contributed by atoms with Crippen LogP contribution in [0.15, 0.2) is 49.1 Å². The summed E-state index contributed by atoms with van der Waals surface area (Å²) in [5.74, 6) is 0.680. The zero-order valence-corrected chi connectivity index (χ0v) is 12.5. The third kappa shape index (κ3) is 4.13. The lowest BCUT2D eigenvalue weighted by Crippen LogP contribution is -2.14. The molecule has 1 N–H and O–H groups in total. The minimum atomic E-state index is -0.497. The van der Waals surface area contributed by atoms with Crippen molar-refractivity contribution in [1.82, 2.24) is 9.97 Å². The highest BCUT2D eigenvalue weighted by Crippen LogP contribution is 2.20. The van der Waals surface area contributed by atoms with Crippen molar-refractivity contribution in [3.05, 3.63) is 54.7 Å². The Hall–Kier alpha value is -2.20. The van der Waals surface area contributed by atoms with Gasteiger partial charge in [-0.2, -0.15) is 0 Å². The molecular weight excluding hydrogens is 262 g/mol. The van der Waals surface area contributed by atoms with Crippen molar-refractivity contribution >= 4 is 5.95 Å². The highest BCUT2D eigenvalue weighted by molar-refractivity contribution is 5.60. The molecule has 110 valence electrons. The minimum absolute atomic E-state index is 0.497. The predicted molar refractivity (Wildman–Crippen MR) is 86.3 cm³/mol. The van der Waals surface area contributed by atoms with Gasteiger partial charge in [0.15, 0.2) is 0 Å². The van der Waals surface area contributed by atoms with Gasteiger partial charge in [-0.3, -0.25) is 0 Å². The number of benzene rings is 1. The van der Waals surface area contributed by atoms with E-state index in [0.717, 1.165) is 17.0 Å². The van der Waals surface area contributed by atoms with Crippen LogP contribution in [-0.2, 0) is 6.42 Å². The van der Waals surface area contributed by atoms with Crippen molar-refractivity contribution in [3.8, 4) is 11.3 Å². The van der Waals surface area contributed by atoms with Gasteiger partial charge >= 0.3 is 0 Å². The molecule has 0 fully saturated rings. The van der Waals surface area contributed by atoms with E-state index in [1.54, 1.807) is 6.08 Å². The summed E-state index contributed by atoms with van der Waals surface area (Å²) in [5, 5.41) is 9.61. The fourth-order valence-electron chi connectivity index (χ4n) is 1.98. The Balaban J connectivity index is 2.32. The molecule has 1 heterocycles. The van der Waals surface area contributed by atoms with Crippen LogP contribution in [0.1, 0.15) is 12.1 Å². The monoisotopic (exact) mass is 283 g/mol. The van der Waals surface area contributed by atoms with Gasteiger partial charge < -0.3 is 10.0 Å². The third-order valence-corrected chi connectivity index (χ3v) is 3.21. The van der Waals surface area contributed by atoms with Crippen molar-refractivity contribution in [1.29, 1.82) is 0 Å². The lowest BCUT2D eigenvalue weighted by atomic mass is 10.1. The Morgan fingerprint density at radius 1 is 1.24 bits per heavy atom. The topological polar surface area (TPSA) is 49.3 Å². The Labute approximate surface area is 125 Å². The van der Waals surface area contributed by atoms with E-state index in [1.165, 1.54) is 0 Å². The van der Waals surface area contributed by atoms with Gasteiger partial charge in [0.05, 0.1) is 11.8 Å². The summed E-state index contributed by atoms with van der Waals surface area (Å²) in [6.45, 7) is 3.59. The van der Waals surface area contributed by atoms with Crippen LogP contribution < -0.4 is 4.90 Å². The fourth-order valence-corrected chi connectivity index (χ4v) is 1.98. The molecule has 1 aromatic heterocycles. The van der Waals surface area contributed by atoms with Crippen LogP contribution in [0.4, 0.5) is 5.95 Å². The number of hydrogen-bond acceptors (Lipinski definition) is 4. The number of aryl methyl sites for hydroxylation is 1. The molecule has 1 atom stereocenters. The van der Waals surface area contributed by atoms with Crippen LogP contribution in [0.3, 0.4) is 0 Å². The third-order valence-electron chi connectivity index (χ3n) is 3.21. The zero-order valence-electron chi connectivity index (χ0n) is 12.5. The number of anilines is 1. The van der Waals surface area contributed by atoms with Crippen molar-refractivity contribution in [3.63, 3.8) is 0 Å². The van der Waals surface area contributed by atoms with Crippen LogP contribution in [0.2, 0.25) is 0 Å². The molecule has 0 aliphatic carbocycles. The molecular formula is C17H21N3O. The molecule has 0 saturated carbocycles. The SMILES string of the molecule is C=CC(O)CCc1cc(-c2ccccc2)nc(N(C)C)n1. The van der Waals surface area contributed by atoms with Gasteiger partial charge in [-0.15, -0.1) is 6.58 Å². The zero-order chi connectivity index (χ0) is 15.2. The van der Waals surface area contributed by atoms with E-state index in [4.69, 9.17) is 0 Å². The number of nitrogens with zero attached hydrogens (tertiary/aromatic N) is 3. The summed E-state index contributed by atoms with van der Waals surface area (Å²) in [5.41, 5.74) is 2.89. The standard InChI is InChI=1S/C17H21N3O/c1-4-15(21)11-10-14-12-16(13-8-6-5-7-9-13)19-17(18-14)20(2)3/h4-9,12,15,21H,1,10-11H2,2-3H3. The number of rotatable bonds is 6. The number of aromatic nitrogens is 2. The second-order valence-electron chi connectivity index (χ2n) is 5.15. The average Bonchev–Trinajstić information content (AvgIpc) is 2.53. The summed E-state index contributed by atoms with van der Waals surface area (Å²) in [6, 6.07) is 12.0. The van der Waals surface area contributed by atoms with E-state index < -0.39 is 6.10 Å². The molecule has 4 heteroatoms. The highest BCUT2D eigenvalue weighted by atomic mass is 16.3. The normalized spacial score (nSPS) is 12.0. The molecule has 4 nitrogen and oxygen atoms in total. The summed E-state index contributed by atoms with van der Waals surface area (Å²) in [7, 11) is 3.85. The molecule has 0 aliphatic heterocycles. The molecule has 0 spiro atoms. The summed E-state index contributed by atoms with van der Waals surface area (Å²) in [4.78, 5) is 11.0. The maximum atomic E-state index is 9.61. The lowest BCUT2D eigenvalue weighted by molar-refractivity contribution is 0.213. The van der Waals surface area contributed by atoms with Crippen molar-refractivity contribution in [2.75, 3.05) is 19.0 Å².